The molecule has 1 spiro atoms. The van der Waals surface area contributed by atoms with Crippen molar-refractivity contribution in [2.24, 2.45) is 0 Å². The van der Waals surface area contributed by atoms with Crippen LogP contribution in [0.2, 0.25) is 0 Å². The highest BCUT2D eigenvalue weighted by molar-refractivity contribution is 6.03. The summed E-state index contributed by atoms with van der Waals surface area (Å²) >= 11 is 0. The molecule has 4 aliphatic rings. The van der Waals surface area contributed by atoms with E-state index in [1.54, 1.807) is 7.05 Å². The molecule has 0 aromatic heterocycles. The van der Waals surface area contributed by atoms with E-state index in [0.29, 0.717) is 129 Å². The third kappa shape index (κ3) is 22.3. The zero-order chi connectivity index (χ0) is 75.5. The molecule has 0 bridgehead atoms. The minimum atomic E-state index is -0.665. The number of allylic oxidation sites excluding steroid dienone is 8. The Kier molecular flexibility index (Phi) is 30.3. The first-order chi connectivity index (χ1) is 51.2. The largest absolute Gasteiger partial charge is 0.379 e. The zero-order valence-electron chi connectivity index (χ0n) is 63.3. The highest BCUT2D eigenvalue weighted by Crippen LogP contribution is 2.48. The second-order valence-corrected chi connectivity index (χ2v) is 29.0. The van der Waals surface area contributed by atoms with Gasteiger partial charge in [-0.1, -0.05) is 117 Å². The standard InChI is InChI=1S/C85H109FN10O10/c1-83(2)70-28-18-20-30-72(70)92(7)75(83)33-15-9-8-10-16-34-76-84(3,4)71-29-19-21-31-73(71)95(76)52-22-12-17-35-80(101)90(5)62-78(99)87-49-24-56-104-58-60-106-61-59-105-57-25-50-88-79(100)63-91(6)81(102)45-44-77(98)89-68-42-36-65(37-43-68)46-53-94-64-96(69-26-13-11-14-27-69)85(82(94)103)47-54-93(55-48-85)51-23-32-74(97)66-38-40-67(86)41-39-66/h8-11,13-16,18-21,26-31,33-34,36-43H,12,17,22-25,32,35,44-64H2,1-7H3,(H2-,87,88,89,98,99,100)/p+1. The van der Waals surface area contributed by atoms with Gasteiger partial charge in [0.2, 0.25) is 41.1 Å². The summed E-state index contributed by atoms with van der Waals surface area (Å²) in [6.45, 7) is 16.2. The first-order valence-corrected chi connectivity index (χ1v) is 37.7. The van der Waals surface area contributed by atoms with Crippen LogP contribution in [0.4, 0.5) is 27.1 Å². The highest BCUT2D eigenvalue weighted by atomic mass is 19.1. The van der Waals surface area contributed by atoms with E-state index >= 15 is 0 Å². The summed E-state index contributed by atoms with van der Waals surface area (Å²) in [5.41, 5.74) is 9.85. The number of hydrogen-bond acceptors (Lipinski definition) is 13. The number of ketones is 1. The van der Waals surface area contributed by atoms with Crippen LogP contribution in [0.3, 0.4) is 0 Å². The van der Waals surface area contributed by atoms with Crippen LogP contribution in [-0.4, -0.2) is 203 Å². The van der Waals surface area contributed by atoms with Gasteiger partial charge in [0.25, 0.3) is 0 Å². The second-order valence-electron chi connectivity index (χ2n) is 29.0. The predicted molar refractivity (Wildman–Crippen MR) is 416 cm³/mol. The molecule has 4 heterocycles. The summed E-state index contributed by atoms with van der Waals surface area (Å²) < 4.78 is 32.6. The number of hydrogen-bond donors (Lipinski definition) is 3. The average molecular weight is 1450 g/mol. The zero-order valence-corrected chi connectivity index (χ0v) is 63.3. The second kappa shape index (κ2) is 39.8. The Morgan fingerprint density at radius 1 is 0.575 bits per heavy atom. The molecule has 0 unspecified atom stereocenters. The smallest absolute Gasteiger partial charge is 0.250 e. The van der Waals surface area contributed by atoms with E-state index in [0.717, 1.165) is 56.7 Å². The van der Waals surface area contributed by atoms with Crippen LogP contribution in [0.5, 0.6) is 0 Å². The van der Waals surface area contributed by atoms with Crippen LogP contribution in [0.25, 0.3) is 0 Å². The van der Waals surface area contributed by atoms with Crippen LogP contribution in [0, 0.1) is 5.82 Å². The Morgan fingerprint density at radius 3 is 1.83 bits per heavy atom. The number of rotatable bonds is 41. The molecule has 0 saturated carbocycles. The van der Waals surface area contributed by atoms with Crippen molar-refractivity contribution in [3.8, 4) is 0 Å². The van der Waals surface area contributed by atoms with Gasteiger partial charge in [-0.25, -0.2) is 4.39 Å². The Morgan fingerprint density at radius 2 is 1.17 bits per heavy atom. The number of ether oxygens (including phenoxy) is 3. The molecule has 2 fully saturated rings. The van der Waals surface area contributed by atoms with E-state index in [1.165, 1.54) is 75.0 Å². The van der Waals surface area contributed by atoms with Gasteiger partial charge in [-0.3, -0.25) is 33.6 Å². The van der Waals surface area contributed by atoms with Gasteiger partial charge in [0.1, 0.15) is 18.4 Å². The molecule has 0 radical (unpaired) electrons. The van der Waals surface area contributed by atoms with Gasteiger partial charge < -0.3 is 59.6 Å². The summed E-state index contributed by atoms with van der Waals surface area (Å²) in [7, 11) is 5.34. The highest BCUT2D eigenvalue weighted by Gasteiger charge is 2.53. The minimum absolute atomic E-state index is 0.000909. The molecule has 5 aromatic carbocycles. The molecule has 2 saturated heterocycles. The molecule has 4 aliphatic heterocycles. The molecular weight excluding hydrogens is 1340 g/mol. The molecule has 5 aromatic rings. The normalized spacial score (nSPS) is 16.2. The van der Waals surface area contributed by atoms with Gasteiger partial charge in [0.15, 0.2) is 11.5 Å². The molecule has 106 heavy (non-hydrogen) atoms. The molecule has 21 heteroatoms. The monoisotopic (exact) mass is 1450 g/mol. The van der Waals surface area contributed by atoms with Gasteiger partial charge in [0.05, 0.1) is 51.6 Å². The van der Waals surface area contributed by atoms with Crippen LogP contribution in [-0.2, 0) is 60.2 Å². The van der Waals surface area contributed by atoms with Crippen molar-refractivity contribution in [3.05, 3.63) is 204 Å². The number of Topliss-reactive ketones (excluding diaryl/α,β-unsaturated/α-hetero) is 1. The van der Waals surface area contributed by atoms with Gasteiger partial charge >= 0.3 is 0 Å². The minimum Gasteiger partial charge on any atom is -0.379 e. The maximum Gasteiger partial charge on any atom is 0.250 e. The Balaban J connectivity index is 0.546. The fourth-order valence-corrected chi connectivity index (χ4v) is 14.6. The first-order valence-electron chi connectivity index (χ1n) is 37.7. The number of amides is 6. The molecule has 9 rings (SSSR count). The van der Waals surface area contributed by atoms with Crippen molar-refractivity contribution in [2.45, 2.75) is 128 Å². The molecule has 20 nitrogen and oxygen atoms in total. The molecule has 566 valence electrons. The number of nitrogens with one attached hydrogen (secondary N) is 3. The SMILES string of the molecule is CN(CC(=O)NCCCOCCOCCOCCCNC(=O)CN(C)C(=O)CCC(=O)Nc1ccc(CCN2CN(c3ccccc3)C3(CCN(CCCC(=O)c4ccc(F)cc4)CC3)C2=O)cc1)C(=O)CCCCCN1/C(=C/C=C/C=C/C=C/C2=[N+](C)c3ccccc3C2(C)C)C(C)(C)c2ccccc21. The van der Waals surface area contributed by atoms with E-state index in [2.05, 4.69) is 173 Å². The van der Waals surface area contributed by atoms with Crippen molar-refractivity contribution in [1.82, 2.24) is 30.2 Å². The van der Waals surface area contributed by atoms with Crippen molar-refractivity contribution >= 4 is 69.7 Å². The Bertz CT molecular complexity index is 3940. The van der Waals surface area contributed by atoms with E-state index in [4.69, 9.17) is 14.2 Å². The number of carbonyl (C=O) groups excluding carboxylic acids is 7. The van der Waals surface area contributed by atoms with Gasteiger partial charge in [-0.05, 0) is 144 Å². The molecular formula is C85H110FN10O10+. The Labute approximate surface area is 626 Å². The lowest BCUT2D eigenvalue weighted by molar-refractivity contribution is -0.401. The number of unbranched alkanes of at least 4 members (excludes halogenated alkanes) is 2. The lowest BCUT2D eigenvalue weighted by Gasteiger charge is -2.43. The number of likely N-dealkylation sites (N-methyl/N-ethyl adjacent to an activating group) is 2. The number of benzene rings is 5. The summed E-state index contributed by atoms with van der Waals surface area (Å²) in [5.74, 6) is -1.48. The topological polar surface area (TPSA) is 206 Å². The third-order valence-electron chi connectivity index (χ3n) is 20.7. The van der Waals surface area contributed by atoms with Crippen molar-refractivity contribution in [3.63, 3.8) is 0 Å². The average Bonchev–Trinajstić information content (AvgIpc) is 1.60. The lowest BCUT2D eigenvalue weighted by atomic mass is 9.81. The number of anilines is 3. The summed E-state index contributed by atoms with van der Waals surface area (Å²) in [6.07, 6.45) is 21.9. The number of likely N-dealkylation sites (tertiary alicyclic amines) is 1. The first kappa shape index (κ1) is 80.7. The fraction of sp³-hybridized carbons (Fsp3) is 0.459. The fourth-order valence-electron chi connectivity index (χ4n) is 14.6. The van der Waals surface area contributed by atoms with Crippen molar-refractivity contribution in [1.29, 1.82) is 0 Å². The predicted octanol–water partition coefficient (Wildman–Crippen LogP) is 11.5. The van der Waals surface area contributed by atoms with Gasteiger partial charge in [-0.2, -0.15) is 4.58 Å². The lowest BCUT2D eigenvalue weighted by Crippen LogP contribution is -2.56. The van der Waals surface area contributed by atoms with Gasteiger partial charge in [0, 0.05) is 144 Å². The number of halogens is 1. The van der Waals surface area contributed by atoms with Crippen LogP contribution in [0.1, 0.15) is 132 Å². The number of fused-ring (bicyclic) bond motifs is 2. The third-order valence-corrected chi connectivity index (χ3v) is 20.7. The van der Waals surface area contributed by atoms with Gasteiger partial charge in [-0.15, -0.1) is 0 Å². The quantitative estimate of drug-likeness (QED) is 0.0144. The van der Waals surface area contributed by atoms with Crippen molar-refractivity contribution < 1.29 is 56.7 Å². The molecule has 0 aliphatic carbocycles. The molecule has 3 N–H and O–H groups in total. The molecule has 6 amide bonds. The number of carbonyl (C=O) groups is 7. The summed E-state index contributed by atoms with van der Waals surface area (Å²) in [5, 5.41) is 8.55. The number of nitrogens with zero attached hydrogens (tertiary/aromatic N) is 7. The van der Waals surface area contributed by atoms with Crippen LogP contribution in [0.15, 0.2) is 176 Å². The maximum atomic E-state index is 14.4. The van der Waals surface area contributed by atoms with E-state index in [9.17, 15) is 38.0 Å². The summed E-state index contributed by atoms with van der Waals surface area (Å²) in [6, 6.07) is 40.4. The van der Waals surface area contributed by atoms with E-state index < -0.39 is 5.54 Å². The Hall–Kier alpha value is -9.41. The number of piperidine rings is 1. The summed E-state index contributed by atoms with van der Waals surface area (Å²) in [4.78, 5) is 103. The maximum absolute atomic E-state index is 14.4. The number of para-hydroxylation sites is 3. The van der Waals surface area contributed by atoms with Crippen LogP contribution >= 0.6 is 0 Å². The van der Waals surface area contributed by atoms with Crippen LogP contribution < -0.4 is 25.8 Å². The molecule has 0 atom stereocenters. The van der Waals surface area contributed by atoms with Crippen molar-refractivity contribution in [2.75, 3.05) is 141 Å². The van der Waals surface area contributed by atoms with E-state index in [-0.39, 0.29) is 83.8 Å². The van der Waals surface area contributed by atoms with E-state index in [1.807, 2.05) is 47.4 Å².